The molecule has 1 unspecified atom stereocenters. The van der Waals surface area contributed by atoms with Crippen molar-refractivity contribution in [2.45, 2.75) is 37.4 Å². The average molecular weight is 545 g/mol. The Hall–Kier alpha value is -4.18. The van der Waals surface area contributed by atoms with E-state index >= 15 is 0 Å². The van der Waals surface area contributed by atoms with Crippen molar-refractivity contribution in [3.8, 4) is 11.5 Å². The average Bonchev–Trinajstić information content (AvgIpc) is 3.36. The Kier molecular flexibility index (Phi) is 7.88. The van der Waals surface area contributed by atoms with E-state index < -0.39 is 35.3 Å². The molecule has 1 aliphatic heterocycles. The maximum Gasteiger partial charge on any atom is 0.330 e. The zero-order valence-corrected chi connectivity index (χ0v) is 22.6. The maximum atomic E-state index is 12.5. The van der Waals surface area contributed by atoms with Crippen molar-refractivity contribution in [2.75, 3.05) is 20.8 Å². The van der Waals surface area contributed by atoms with Crippen LogP contribution in [0.15, 0.2) is 94.6 Å². The lowest BCUT2D eigenvalue weighted by molar-refractivity contribution is -0.0944. The van der Waals surface area contributed by atoms with Crippen LogP contribution in [0.4, 0.5) is 0 Å². The quantitative estimate of drug-likeness (QED) is 0.310. The van der Waals surface area contributed by atoms with Crippen LogP contribution in [0.1, 0.15) is 34.9 Å². The summed E-state index contributed by atoms with van der Waals surface area (Å²) in [5.41, 5.74) is 0.825. The minimum Gasteiger partial charge on any atom is -0.497 e. The van der Waals surface area contributed by atoms with Crippen molar-refractivity contribution >= 4 is 0 Å². The molecule has 2 heterocycles. The van der Waals surface area contributed by atoms with Gasteiger partial charge < -0.3 is 24.1 Å². The molecule has 3 aromatic carbocycles. The van der Waals surface area contributed by atoms with E-state index in [-0.39, 0.29) is 13.0 Å². The molecule has 3 atom stereocenters. The number of rotatable bonds is 9. The number of aliphatic hydroxyl groups excluding tert-OH is 1. The standard InChI is InChI=1S/C31H32N2O7/c1-20-18-33(30(36)32-29(20)35)28-17-26(34)27(40-28)19-39-31(21-7-5-4-6-8-21,22-9-13-24(37-2)14-10-22)23-11-15-25(38-3)16-12-23/h4-16,18,26-28,34H,17,19H2,1-3H3,(H,32,35,36)/t26-,27?,28-/m1/s1. The molecule has 1 aromatic heterocycles. The Bertz CT molecular complexity index is 1500. The van der Waals surface area contributed by atoms with E-state index in [1.54, 1.807) is 21.1 Å². The van der Waals surface area contributed by atoms with Crippen LogP contribution in [0.3, 0.4) is 0 Å². The first-order valence-electron chi connectivity index (χ1n) is 13.0. The number of aromatic nitrogens is 2. The molecular formula is C31H32N2O7. The molecule has 5 rings (SSSR count). The molecule has 0 saturated carbocycles. The van der Waals surface area contributed by atoms with Crippen LogP contribution in [0.25, 0.3) is 0 Å². The first kappa shape index (κ1) is 27.4. The summed E-state index contributed by atoms with van der Waals surface area (Å²) < 4.78 is 25.1. The number of hydrogen-bond acceptors (Lipinski definition) is 7. The first-order chi connectivity index (χ1) is 19.3. The Morgan fingerprint density at radius 2 is 1.45 bits per heavy atom. The number of hydrogen-bond donors (Lipinski definition) is 2. The van der Waals surface area contributed by atoms with Gasteiger partial charge in [-0.15, -0.1) is 0 Å². The highest BCUT2D eigenvalue weighted by atomic mass is 16.6. The first-order valence-corrected chi connectivity index (χ1v) is 13.0. The van der Waals surface area contributed by atoms with Gasteiger partial charge in [-0.1, -0.05) is 54.6 Å². The van der Waals surface area contributed by atoms with Crippen LogP contribution >= 0.6 is 0 Å². The summed E-state index contributed by atoms with van der Waals surface area (Å²) >= 11 is 0. The lowest BCUT2D eigenvalue weighted by Crippen LogP contribution is -2.38. The highest BCUT2D eigenvalue weighted by Gasteiger charge is 2.42. The summed E-state index contributed by atoms with van der Waals surface area (Å²) in [4.78, 5) is 26.6. The maximum absolute atomic E-state index is 12.5. The fraction of sp³-hybridized carbons (Fsp3) is 0.290. The van der Waals surface area contributed by atoms with E-state index in [0.29, 0.717) is 17.1 Å². The van der Waals surface area contributed by atoms with E-state index in [1.165, 1.54) is 10.8 Å². The molecule has 0 radical (unpaired) electrons. The van der Waals surface area contributed by atoms with Crippen molar-refractivity contribution in [3.05, 3.63) is 128 Å². The van der Waals surface area contributed by atoms with Gasteiger partial charge in [-0.2, -0.15) is 0 Å². The van der Waals surface area contributed by atoms with Gasteiger partial charge in [0.1, 0.15) is 29.4 Å². The largest absolute Gasteiger partial charge is 0.497 e. The fourth-order valence-electron chi connectivity index (χ4n) is 5.12. The van der Waals surface area contributed by atoms with Crippen LogP contribution < -0.4 is 20.7 Å². The molecule has 4 aromatic rings. The van der Waals surface area contributed by atoms with E-state index in [2.05, 4.69) is 4.98 Å². The van der Waals surface area contributed by atoms with Crippen molar-refractivity contribution in [1.82, 2.24) is 9.55 Å². The van der Waals surface area contributed by atoms with Crippen LogP contribution in [-0.4, -0.2) is 47.7 Å². The molecule has 0 bridgehead atoms. The third kappa shape index (κ3) is 5.19. The Labute approximate surface area is 231 Å². The number of aryl methyl sites for hydroxylation is 1. The van der Waals surface area contributed by atoms with Gasteiger partial charge in [0, 0.05) is 18.2 Å². The molecule has 0 amide bonds. The third-order valence-electron chi connectivity index (χ3n) is 7.30. The number of H-pyrrole nitrogens is 1. The van der Waals surface area contributed by atoms with Gasteiger partial charge >= 0.3 is 5.69 Å². The van der Waals surface area contributed by atoms with Crippen molar-refractivity contribution in [3.63, 3.8) is 0 Å². The van der Waals surface area contributed by atoms with E-state index in [4.69, 9.17) is 18.9 Å². The molecule has 1 fully saturated rings. The number of nitrogens with one attached hydrogen (secondary N) is 1. The van der Waals surface area contributed by atoms with Crippen LogP contribution in [0, 0.1) is 6.92 Å². The predicted molar refractivity (Wildman–Crippen MR) is 149 cm³/mol. The summed E-state index contributed by atoms with van der Waals surface area (Å²) in [5.74, 6) is 1.42. The summed E-state index contributed by atoms with van der Waals surface area (Å²) in [6.07, 6.45) is -0.763. The molecule has 2 N–H and O–H groups in total. The third-order valence-corrected chi connectivity index (χ3v) is 7.30. The molecular weight excluding hydrogens is 512 g/mol. The lowest BCUT2D eigenvalue weighted by atomic mass is 9.80. The second kappa shape index (κ2) is 11.5. The summed E-state index contributed by atoms with van der Waals surface area (Å²) in [7, 11) is 3.23. The molecule has 40 heavy (non-hydrogen) atoms. The van der Waals surface area contributed by atoms with E-state index in [0.717, 1.165) is 16.7 Å². The molecule has 1 aliphatic rings. The zero-order valence-electron chi connectivity index (χ0n) is 22.6. The summed E-state index contributed by atoms with van der Waals surface area (Å²) in [6, 6.07) is 25.1. The predicted octanol–water partition coefficient (Wildman–Crippen LogP) is 3.52. The summed E-state index contributed by atoms with van der Waals surface area (Å²) in [6.45, 7) is 1.63. The molecule has 208 valence electrons. The zero-order chi connectivity index (χ0) is 28.3. The number of benzene rings is 3. The van der Waals surface area contributed by atoms with Crippen molar-refractivity contribution in [2.24, 2.45) is 0 Å². The second-order valence-corrected chi connectivity index (χ2v) is 9.73. The van der Waals surface area contributed by atoms with Crippen LogP contribution in [-0.2, 0) is 15.1 Å². The van der Waals surface area contributed by atoms with Crippen molar-refractivity contribution in [1.29, 1.82) is 0 Å². The fourth-order valence-corrected chi connectivity index (χ4v) is 5.12. The van der Waals surface area contributed by atoms with Crippen molar-refractivity contribution < 1.29 is 24.1 Å². The number of aromatic amines is 1. The normalized spacial score (nSPS) is 18.9. The van der Waals surface area contributed by atoms with E-state index in [9.17, 15) is 14.7 Å². The Balaban J connectivity index is 1.54. The second-order valence-electron chi connectivity index (χ2n) is 9.73. The van der Waals surface area contributed by atoms with Gasteiger partial charge in [0.25, 0.3) is 5.56 Å². The summed E-state index contributed by atoms with van der Waals surface area (Å²) in [5, 5.41) is 11.0. The van der Waals surface area contributed by atoms with Gasteiger partial charge in [0.15, 0.2) is 0 Å². The Morgan fingerprint density at radius 3 is 2.00 bits per heavy atom. The molecule has 1 saturated heterocycles. The number of ether oxygens (including phenoxy) is 4. The van der Waals surface area contributed by atoms with Gasteiger partial charge in [-0.25, -0.2) is 4.79 Å². The van der Waals surface area contributed by atoms with Crippen LogP contribution in [0.2, 0.25) is 0 Å². The van der Waals surface area contributed by atoms with Gasteiger partial charge in [-0.05, 0) is 47.9 Å². The minimum atomic E-state index is -1.08. The van der Waals surface area contributed by atoms with Gasteiger partial charge in [0.2, 0.25) is 0 Å². The molecule has 9 nitrogen and oxygen atoms in total. The lowest BCUT2D eigenvalue weighted by Gasteiger charge is -2.37. The monoisotopic (exact) mass is 544 g/mol. The Morgan fingerprint density at radius 1 is 0.900 bits per heavy atom. The van der Waals surface area contributed by atoms with E-state index in [1.807, 2.05) is 78.9 Å². The molecule has 0 spiro atoms. The number of nitrogens with zero attached hydrogens (tertiary/aromatic N) is 1. The SMILES string of the molecule is COc1ccc(C(OCC2O[C@@H](n3cc(C)c(=O)[nH]c3=O)C[C@H]2O)(c2ccccc2)c2ccc(OC)cc2)cc1. The van der Waals surface area contributed by atoms with Crippen LogP contribution in [0.5, 0.6) is 11.5 Å². The molecule has 0 aliphatic carbocycles. The minimum absolute atomic E-state index is 0.0156. The topological polar surface area (TPSA) is 112 Å². The number of methoxy groups -OCH3 is 2. The van der Waals surface area contributed by atoms with Gasteiger partial charge in [-0.3, -0.25) is 14.3 Å². The van der Waals surface area contributed by atoms with Gasteiger partial charge in [0.05, 0.1) is 26.9 Å². The molecule has 9 heteroatoms. The highest BCUT2D eigenvalue weighted by Crippen LogP contribution is 2.42. The number of aliphatic hydroxyl groups is 1. The smallest absolute Gasteiger partial charge is 0.330 e. The highest BCUT2D eigenvalue weighted by molar-refractivity contribution is 5.49.